The number of ether oxygens (including phenoxy) is 1. The molecule has 0 aromatic heterocycles. The number of fused-ring (bicyclic) bond motifs is 1. The molecular formula is C21H25N3O2. The molecule has 5 nitrogen and oxygen atoms in total. The Kier molecular flexibility index (Phi) is 5.28. The standard InChI is InChI=1S/C21H25N3O2/c1-13-6-5-7-19-20(13)17(21(25)24-19)11-22-16-8-9-18(14(2)10-16)23-15(3)12-26-4/h5-11,15,22-23H,12H2,1-4H3,(H,24,25). The van der Waals surface area contributed by atoms with Crippen molar-refractivity contribution in [2.45, 2.75) is 26.8 Å². The van der Waals surface area contributed by atoms with Gasteiger partial charge in [-0.2, -0.15) is 0 Å². The lowest BCUT2D eigenvalue weighted by Gasteiger charge is -2.17. The van der Waals surface area contributed by atoms with Crippen molar-refractivity contribution in [1.82, 2.24) is 0 Å². The van der Waals surface area contributed by atoms with Gasteiger partial charge in [0.15, 0.2) is 0 Å². The van der Waals surface area contributed by atoms with Crippen molar-refractivity contribution in [3.63, 3.8) is 0 Å². The van der Waals surface area contributed by atoms with E-state index in [-0.39, 0.29) is 11.9 Å². The van der Waals surface area contributed by atoms with Gasteiger partial charge in [0, 0.05) is 42.0 Å². The highest BCUT2D eigenvalue weighted by Crippen LogP contribution is 2.34. The van der Waals surface area contributed by atoms with Crippen LogP contribution in [0.25, 0.3) is 5.57 Å². The second kappa shape index (κ2) is 7.62. The van der Waals surface area contributed by atoms with Gasteiger partial charge in [0.1, 0.15) is 0 Å². The number of hydrogen-bond donors (Lipinski definition) is 3. The van der Waals surface area contributed by atoms with Crippen molar-refractivity contribution in [3.8, 4) is 0 Å². The van der Waals surface area contributed by atoms with Gasteiger partial charge in [0.05, 0.1) is 12.2 Å². The van der Waals surface area contributed by atoms with E-state index in [1.807, 2.05) is 37.3 Å². The summed E-state index contributed by atoms with van der Waals surface area (Å²) < 4.78 is 5.16. The van der Waals surface area contributed by atoms with Gasteiger partial charge in [-0.05, 0) is 56.2 Å². The number of methoxy groups -OCH3 is 1. The van der Waals surface area contributed by atoms with E-state index in [9.17, 15) is 4.79 Å². The van der Waals surface area contributed by atoms with Crippen LogP contribution in [0, 0.1) is 13.8 Å². The molecule has 1 aliphatic rings. The minimum atomic E-state index is -0.0785. The zero-order valence-electron chi connectivity index (χ0n) is 15.6. The molecule has 0 aliphatic carbocycles. The summed E-state index contributed by atoms with van der Waals surface area (Å²) in [4.78, 5) is 12.3. The Bertz CT molecular complexity index is 858. The van der Waals surface area contributed by atoms with Crippen LogP contribution in [-0.4, -0.2) is 25.7 Å². The quantitative estimate of drug-likeness (QED) is 0.684. The van der Waals surface area contributed by atoms with E-state index in [1.165, 1.54) is 0 Å². The second-order valence-corrected chi connectivity index (χ2v) is 6.68. The van der Waals surface area contributed by atoms with E-state index >= 15 is 0 Å². The summed E-state index contributed by atoms with van der Waals surface area (Å²) in [5.41, 5.74) is 6.72. The second-order valence-electron chi connectivity index (χ2n) is 6.68. The number of carbonyl (C=O) groups is 1. The first-order valence-electron chi connectivity index (χ1n) is 8.73. The fraction of sp³-hybridized carbons (Fsp3) is 0.286. The lowest BCUT2D eigenvalue weighted by atomic mass is 10.0. The van der Waals surface area contributed by atoms with E-state index in [0.717, 1.165) is 33.8 Å². The first-order valence-corrected chi connectivity index (χ1v) is 8.73. The average molecular weight is 351 g/mol. The number of amides is 1. The van der Waals surface area contributed by atoms with Gasteiger partial charge >= 0.3 is 0 Å². The lowest BCUT2D eigenvalue weighted by molar-refractivity contribution is -0.110. The van der Waals surface area contributed by atoms with Gasteiger partial charge in [-0.15, -0.1) is 0 Å². The molecule has 1 heterocycles. The molecule has 136 valence electrons. The normalized spacial score (nSPS) is 15.5. The summed E-state index contributed by atoms with van der Waals surface area (Å²) in [6.07, 6.45) is 1.78. The van der Waals surface area contributed by atoms with Crippen LogP contribution in [0.4, 0.5) is 17.1 Å². The van der Waals surface area contributed by atoms with Crippen molar-refractivity contribution in [2.75, 3.05) is 29.7 Å². The zero-order chi connectivity index (χ0) is 18.7. The van der Waals surface area contributed by atoms with Crippen molar-refractivity contribution in [1.29, 1.82) is 0 Å². The Morgan fingerprint density at radius 2 is 2.00 bits per heavy atom. The first kappa shape index (κ1) is 18.0. The fourth-order valence-electron chi connectivity index (χ4n) is 3.20. The summed E-state index contributed by atoms with van der Waals surface area (Å²) in [6, 6.07) is 12.2. The fourth-order valence-corrected chi connectivity index (χ4v) is 3.20. The number of rotatable bonds is 6. The van der Waals surface area contributed by atoms with E-state index in [0.29, 0.717) is 12.2 Å². The maximum absolute atomic E-state index is 12.3. The van der Waals surface area contributed by atoms with Crippen LogP contribution in [-0.2, 0) is 9.53 Å². The molecule has 1 unspecified atom stereocenters. The number of hydrogen-bond acceptors (Lipinski definition) is 4. The topological polar surface area (TPSA) is 62.4 Å². The number of benzene rings is 2. The maximum Gasteiger partial charge on any atom is 0.257 e. The summed E-state index contributed by atoms with van der Waals surface area (Å²) >= 11 is 0. The number of aryl methyl sites for hydroxylation is 2. The van der Waals surface area contributed by atoms with Crippen molar-refractivity contribution in [3.05, 3.63) is 59.3 Å². The van der Waals surface area contributed by atoms with Gasteiger partial charge in [-0.25, -0.2) is 0 Å². The third-order valence-corrected chi connectivity index (χ3v) is 4.46. The minimum absolute atomic E-state index is 0.0785. The highest BCUT2D eigenvalue weighted by atomic mass is 16.5. The van der Waals surface area contributed by atoms with Crippen LogP contribution in [0.3, 0.4) is 0 Å². The SMILES string of the molecule is COCC(C)Nc1ccc(NC=C2C(=O)Nc3cccc(C)c32)cc1C. The Morgan fingerprint density at radius 3 is 2.73 bits per heavy atom. The molecule has 0 bridgehead atoms. The maximum atomic E-state index is 12.3. The predicted molar refractivity (Wildman–Crippen MR) is 108 cm³/mol. The molecule has 5 heteroatoms. The zero-order valence-corrected chi connectivity index (χ0v) is 15.6. The van der Waals surface area contributed by atoms with Crippen LogP contribution in [0.1, 0.15) is 23.6 Å². The summed E-state index contributed by atoms with van der Waals surface area (Å²) in [6.45, 7) is 6.80. The number of carbonyl (C=O) groups excluding carboxylic acids is 1. The van der Waals surface area contributed by atoms with Crippen molar-refractivity contribution in [2.24, 2.45) is 0 Å². The van der Waals surface area contributed by atoms with Crippen LogP contribution in [0.5, 0.6) is 0 Å². The van der Waals surface area contributed by atoms with Gasteiger partial charge in [-0.3, -0.25) is 4.79 Å². The van der Waals surface area contributed by atoms with Crippen molar-refractivity contribution >= 4 is 28.5 Å². The largest absolute Gasteiger partial charge is 0.383 e. The highest BCUT2D eigenvalue weighted by Gasteiger charge is 2.25. The molecule has 1 amide bonds. The summed E-state index contributed by atoms with van der Waals surface area (Å²) in [5, 5.41) is 9.60. The van der Waals surface area contributed by atoms with Gasteiger partial charge in [0.2, 0.25) is 0 Å². The predicted octanol–water partition coefficient (Wildman–Crippen LogP) is 4.16. The Morgan fingerprint density at radius 1 is 1.19 bits per heavy atom. The minimum Gasteiger partial charge on any atom is -0.383 e. The smallest absolute Gasteiger partial charge is 0.257 e. The van der Waals surface area contributed by atoms with E-state index in [1.54, 1.807) is 13.3 Å². The lowest BCUT2D eigenvalue weighted by Crippen LogP contribution is -2.21. The molecule has 0 saturated carbocycles. The Balaban J connectivity index is 1.77. The Hall–Kier alpha value is -2.79. The first-order chi connectivity index (χ1) is 12.5. The third kappa shape index (κ3) is 3.73. The molecular weight excluding hydrogens is 326 g/mol. The van der Waals surface area contributed by atoms with E-state index in [4.69, 9.17) is 4.74 Å². The van der Waals surface area contributed by atoms with Crippen LogP contribution in [0.15, 0.2) is 42.6 Å². The van der Waals surface area contributed by atoms with Gasteiger partial charge < -0.3 is 20.7 Å². The molecule has 2 aromatic rings. The number of anilines is 3. The molecule has 0 radical (unpaired) electrons. The monoisotopic (exact) mass is 351 g/mol. The third-order valence-electron chi connectivity index (χ3n) is 4.46. The molecule has 0 fully saturated rings. The summed E-state index contributed by atoms with van der Waals surface area (Å²) in [7, 11) is 1.70. The van der Waals surface area contributed by atoms with E-state index < -0.39 is 0 Å². The van der Waals surface area contributed by atoms with Crippen LogP contribution >= 0.6 is 0 Å². The molecule has 2 aromatic carbocycles. The average Bonchev–Trinajstić information content (AvgIpc) is 2.92. The Labute approximate surface area is 154 Å². The van der Waals surface area contributed by atoms with Crippen molar-refractivity contribution < 1.29 is 9.53 Å². The molecule has 3 N–H and O–H groups in total. The van der Waals surface area contributed by atoms with E-state index in [2.05, 4.69) is 35.9 Å². The molecule has 26 heavy (non-hydrogen) atoms. The van der Waals surface area contributed by atoms with Crippen LogP contribution < -0.4 is 16.0 Å². The molecule has 0 saturated heterocycles. The molecule has 0 spiro atoms. The van der Waals surface area contributed by atoms with Gasteiger partial charge in [-0.1, -0.05) is 12.1 Å². The molecule has 1 aliphatic heterocycles. The number of nitrogens with one attached hydrogen (secondary N) is 3. The van der Waals surface area contributed by atoms with Crippen LogP contribution in [0.2, 0.25) is 0 Å². The summed E-state index contributed by atoms with van der Waals surface area (Å²) in [5.74, 6) is -0.0785. The highest BCUT2D eigenvalue weighted by molar-refractivity contribution is 6.32. The molecule has 1 atom stereocenters. The van der Waals surface area contributed by atoms with Gasteiger partial charge in [0.25, 0.3) is 5.91 Å². The molecule has 3 rings (SSSR count).